The first-order chi connectivity index (χ1) is 16.2. The minimum absolute atomic E-state index is 0.132. The number of carbonyl (C=O) groups excluding carboxylic acids is 1. The fourth-order valence-corrected chi connectivity index (χ4v) is 5.25. The molecule has 5 rings (SSSR count). The summed E-state index contributed by atoms with van der Waals surface area (Å²) in [6, 6.07) is 10.9. The van der Waals surface area contributed by atoms with E-state index in [2.05, 4.69) is 15.3 Å². The second kappa shape index (κ2) is 10.1. The maximum absolute atomic E-state index is 13.1. The van der Waals surface area contributed by atoms with Crippen molar-refractivity contribution in [2.75, 3.05) is 5.75 Å². The molecule has 7 nitrogen and oxygen atoms in total. The highest BCUT2D eigenvalue weighted by molar-refractivity contribution is 7.99. The highest BCUT2D eigenvalue weighted by Gasteiger charge is 2.34. The Kier molecular flexibility index (Phi) is 6.83. The van der Waals surface area contributed by atoms with Crippen molar-refractivity contribution in [2.24, 2.45) is 11.0 Å². The molecule has 2 aliphatic rings. The van der Waals surface area contributed by atoms with Gasteiger partial charge in [0.25, 0.3) is 11.1 Å². The minimum Gasteiger partial charge on any atom is -0.463 e. The Morgan fingerprint density at radius 1 is 1.15 bits per heavy atom. The van der Waals surface area contributed by atoms with E-state index < -0.39 is 0 Å². The summed E-state index contributed by atoms with van der Waals surface area (Å²) >= 11 is 7.30. The van der Waals surface area contributed by atoms with Crippen molar-refractivity contribution >= 4 is 35.0 Å². The van der Waals surface area contributed by atoms with E-state index in [0.29, 0.717) is 28.3 Å². The van der Waals surface area contributed by atoms with Crippen molar-refractivity contribution in [3.05, 3.63) is 64.9 Å². The molecule has 0 radical (unpaired) electrons. The summed E-state index contributed by atoms with van der Waals surface area (Å²) < 4.78 is 11.3. The molecule has 0 bridgehead atoms. The molecule has 1 amide bonds. The second-order valence-electron chi connectivity index (χ2n) is 8.47. The Labute approximate surface area is 201 Å². The number of aryl methyl sites for hydroxylation is 1. The molecule has 3 heterocycles. The van der Waals surface area contributed by atoms with E-state index in [1.54, 1.807) is 6.26 Å². The van der Waals surface area contributed by atoms with E-state index in [9.17, 15) is 4.79 Å². The molecule has 1 unspecified atom stereocenters. The van der Waals surface area contributed by atoms with E-state index >= 15 is 0 Å². The lowest BCUT2D eigenvalue weighted by Gasteiger charge is -2.21. The van der Waals surface area contributed by atoms with Gasteiger partial charge in [-0.2, -0.15) is 5.10 Å². The number of hydrogen-bond acceptors (Lipinski definition) is 7. The zero-order valence-electron chi connectivity index (χ0n) is 18.2. The van der Waals surface area contributed by atoms with Crippen LogP contribution < -0.4 is 0 Å². The lowest BCUT2D eigenvalue weighted by Crippen LogP contribution is -2.28. The van der Waals surface area contributed by atoms with E-state index in [1.165, 1.54) is 42.5 Å². The Morgan fingerprint density at radius 2 is 1.97 bits per heavy atom. The molecule has 33 heavy (non-hydrogen) atoms. The summed E-state index contributed by atoms with van der Waals surface area (Å²) in [7, 11) is 0. The Hall–Kier alpha value is -2.58. The van der Waals surface area contributed by atoms with Crippen molar-refractivity contribution in [3.8, 4) is 0 Å². The van der Waals surface area contributed by atoms with Gasteiger partial charge in [0.15, 0.2) is 0 Å². The molecule has 9 heteroatoms. The van der Waals surface area contributed by atoms with Gasteiger partial charge in [-0.05, 0) is 42.2 Å². The first kappa shape index (κ1) is 22.2. The average Bonchev–Trinajstić information content (AvgIpc) is 3.62. The number of rotatable bonds is 8. The van der Waals surface area contributed by atoms with Crippen LogP contribution in [0.25, 0.3) is 0 Å². The first-order valence-electron chi connectivity index (χ1n) is 11.3. The van der Waals surface area contributed by atoms with Crippen molar-refractivity contribution in [3.63, 3.8) is 0 Å². The average molecular weight is 485 g/mol. The van der Waals surface area contributed by atoms with Crippen LogP contribution in [0, 0.1) is 5.92 Å². The molecule has 172 valence electrons. The lowest BCUT2D eigenvalue weighted by atomic mass is 10.0. The smallest absolute Gasteiger partial charge is 0.277 e. The van der Waals surface area contributed by atoms with E-state index in [-0.39, 0.29) is 17.7 Å². The number of amides is 1. The largest absolute Gasteiger partial charge is 0.463 e. The molecule has 1 aliphatic carbocycles. The van der Waals surface area contributed by atoms with E-state index in [1.807, 2.05) is 36.4 Å². The van der Waals surface area contributed by atoms with Gasteiger partial charge in [-0.3, -0.25) is 4.79 Å². The fourth-order valence-electron chi connectivity index (χ4n) is 4.49. The third kappa shape index (κ3) is 5.33. The minimum atomic E-state index is -0.222. The standard InChI is InChI=1S/C24H25ClN4O3S/c25-18-10-8-17(9-11-18)20-14-19(21-6-3-13-31-21)28-29(20)23(30)15-33-24-27-26-22(32-24)12-7-16-4-1-2-5-16/h3,6,8-11,13,16,20H,1-2,4-5,7,12,14-15H2. The predicted octanol–water partition coefficient (Wildman–Crippen LogP) is 5.91. The van der Waals surface area contributed by atoms with Crippen LogP contribution in [-0.2, 0) is 11.2 Å². The van der Waals surface area contributed by atoms with Gasteiger partial charge in [0.1, 0.15) is 11.5 Å². The summed E-state index contributed by atoms with van der Waals surface area (Å²) in [6.07, 6.45) is 9.32. The van der Waals surface area contributed by atoms with Gasteiger partial charge in [0.2, 0.25) is 5.89 Å². The van der Waals surface area contributed by atoms with Gasteiger partial charge in [-0.25, -0.2) is 5.01 Å². The molecule has 2 aromatic heterocycles. The number of halogens is 1. The van der Waals surface area contributed by atoms with Crippen molar-refractivity contribution < 1.29 is 13.6 Å². The molecule has 1 saturated carbocycles. The number of aromatic nitrogens is 2. The summed E-state index contributed by atoms with van der Waals surface area (Å²) in [6.45, 7) is 0. The third-order valence-corrected chi connectivity index (χ3v) is 7.29. The van der Waals surface area contributed by atoms with Crippen LogP contribution in [0.3, 0.4) is 0 Å². The van der Waals surface area contributed by atoms with Gasteiger partial charge in [0, 0.05) is 17.9 Å². The highest BCUT2D eigenvalue weighted by atomic mass is 35.5. The predicted molar refractivity (Wildman–Crippen MR) is 126 cm³/mol. The maximum Gasteiger partial charge on any atom is 0.277 e. The van der Waals surface area contributed by atoms with Crippen LogP contribution in [0.1, 0.15) is 61.8 Å². The van der Waals surface area contributed by atoms with Gasteiger partial charge in [0.05, 0.1) is 18.1 Å². The SMILES string of the molecule is O=C(CSc1nnc(CCC2CCCC2)o1)N1N=C(c2ccco2)CC1c1ccc(Cl)cc1. The molecular weight excluding hydrogens is 460 g/mol. The number of benzene rings is 1. The maximum atomic E-state index is 13.1. The Balaban J connectivity index is 1.24. The first-order valence-corrected chi connectivity index (χ1v) is 12.7. The van der Waals surface area contributed by atoms with Crippen LogP contribution in [0.15, 0.2) is 61.8 Å². The zero-order valence-corrected chi connectivity index (χ0v) is 19.7. The lowest BCUT2D eigenvalue weighted by molar-refractivity contribution is -0.130. The highest BCUT2D eigenvalue weighted by Crippen LogP contribution is 2.34. The van der Waals surface area contributed by atoms with Crippen LogP contribution in [0.4, 0.5) is 0 Å². The van der Waals surface area contributed by atoms with E-state index in [4.69, 9.17) is 20.4 Å². The summed E-state index contributed by atoms with van der Waals surface area (Å²) in [4.78, 5) is 13.1. The Bertz CT molecular complexity index is 1110. The van der Waals surface area contributed by atoms with Crippen molar-refractivity contribution in [1.82, 2.24) is 15.2 Å². The summed E-state index contributed by atoms with van der Waals surface area (Å²) in [5, 5.41) is 15.5. The van der Waals surface area contributed by atoms with Gasteiger partial charge in [-0.1, -0.05) is 61.2 Å². The number of thioether (sulfide) groups is 1. The summed E-state index contributed by atoms with van der Waals surface area (Å²) in [5.41, 5.74) is 1.71. The number of carbonyl (C=O) groups is 1. The molecule has 1 aromatic carbocycles. The number of nitrogens with zero attached hydrogens (tertiary/aromatic N) is 4. The quantitative estimate of drug-likeness (QED) is 0.369. The molecule has 1 atom stereocenters. The zero-order chi connectivity index (χ0) is 22.6. The molecule has 0 saturated heterocycles. The normalized spacial score (nSPS) is 18.8. The number of hydrogen-bond donors (Lipinski definition) is 0. The molecule has 1 fully saturated rings. The van der Waals surface area contributed by atoms with Crippen LogP contribution in [0.5, 0.6) is 0 Å². The molecule has 0 spiro atoms. The number of hydrazone groups is 1. The number of furan rings is 1. The molecule has 3 aromatic rings. The third-order valence-electron chi connectivity index (χ3n) is 6.23. The molecular formula is C24H25ClN4O3S. The van der Waals surface area contributed by atoms with Crippen LogP contribution in [0.2, 0.25) is 5.02 Å². The van der Waals surface area contributed by atoms with Gasteiger partial charge in [-0.15, -0.1) is 10.2 Å². The Morgan fingerprint density at radius 3 is 2.73 bits per heavy atom. The van der Waals surface area contributed by atoms with Crippen LogP contribution in [-0.4, -0.2) is 32.6 Å². The van der Waals surface area contributed by atoms with Crippen molar-refractivity contribution in [2.45, 2.75) is 56.2 Å². The van der Waals surface area contributed by atoms with Gasteiger partial charge < -0.3 is 8.83 Å². The van der Waals surface area contributed by atoms with E-state index in [0.717, 1.165) is 30.0 Å². The van der Waals surface area contributed by atoms with Gasteiger partial charge >= 0.3 is 0 Å². The molecule has 0 N–H and O–H groups in total. The van der Waals surface area contributed by atoms with Crippen LogP contribution >= 0.6 is 23.4 Å². The van der Waals surface area contributed by atoms with Crippen molar-refractivity contribution in [1.29, 1.82) is 0 Å². The fraction of sp³-hybridized carbons (Fsp3) is 0.417. The molecule has 1 aliphatic heterocycles. The summed E-state index contributed by atoms with van der Waals surface area (Å²) in [5.74, 6) is 2.11. The second-order valence-corrected chi connectivity index (χ2v) is 9.84. The topological polar surface area (TPSA) is 84.7 Å². The monoisotopic (exact) mass is 484 g/mol.